The summed E-state index contributed by atoms with van der Waals surface area (Å²) in [4.78, 5) is 23.1. The third kappa shape index (κ3) is 4.44. The Morgan fingerprint density at radius 3 is 2.57 bits per heavy atom. The van der Waals surface area contributed by atoms with Gasteiger partial charge in [0.1, 0.15) is 5.82 Å². The second kappa shape index (κ2) is 6.56. The van der Waals surface area contributed by atoms with Gasteiger partial charge in [-0.2, -0.15) is 0 Å². The van der Waals surface area contributed by atoms with Crippen LogP contribution in [0.5, 0.6) is 0 Å². The van der Waals surface area contributed by atoms with Crippen LogP contribution < -0.4 is 10.6 Å². The Bertz CT molecular complexity index is 527. The molecular weight excluding hydrogens is 275 g/mol. The fourth-order valence-corrected chi connectivity index (χ4v) is 2.83. The minimum absolute atomic E-state index is 0.0937. The molecule has 114 valence electrons. The summed E-state index contributed by atoms with van der Waals surface area (Å²) in [6.07, 6.45) is 4.05. The van der Waals surface area contributed by atoms with E-state index in [0.717, 1.165) is 19.3 Å². The van der Waals surface area contributed by atoms with E-state index in [4.69, 9.17) is 5.11 Å². The average molecular weight is 294 g/mol. The fourth-order valence-electron chi connectivity index (χ4n) is 2.83. The summed E-state index contributed by atoms with van der Waals surface area (Å²) in [6, 6.07) is 5.08. The lowest BCUT2D eigenvalue weighted by atomic mass is 9.79. The van der Waals surface area contributed by atoms with Crippen LogP contribution in [0.15, 0.2) is 24.3 Å². The number of carboxylic acid groups (broad SMARTS) is 1. The topological polar surface area (TPSA) is 78.4 Å². The Balaban J connectivity index is 2.02. The van der Waals surface area contributed by atoms with Gasteiger partial charge in [-0.3, -0.25) is 4.79 Å². The van der Waals surface area contributed by atoms with Gasteiger partial charge >= 0.3 is 12.0 Å². The van der Waals surface area contributed by atoms with E-state index in [-0.39, 0.29) is 6.42 Å². The zero-order chi connectivity index (χ0) is 15.3. The molecule has 0 radical (unpaired) electrons. The van der Waals surface area contributed by atoms with Crippen molar-refractivity contribution < 1.29 is 19.1 Å². The average Bonchev–Trinajstić information content (AvgIpc) is 2.38. The molecule has 0 bridgehead atoms. The molecule has 21 heavy (non-hydrogen) atoms. The first-order chi connectivity index (χ1) is 9.99. The van der Waals surface area contributed by atoms with Crippen molar-refractivity contribution in [3.8, 4) is 0 Å². The highest BCUT2D eigenvalue weighted by Crippen LogP contribution is 2.31. The lowest BCUT2D eigenvalue weighted by molar-refractivity contribution is -0.138. The molecule has 0 heterocycles. The van der Waals surface area contributed by atoms with Crippen molar-refractivity contribution >= 4 is 17.7 Å². The van der Waals surface area contributed by atoms with Gasteiger partial charge in [-0.15, -0.1) is 0 Å². The van der Waals surface area contributed by atoms with Crippen LogP contribution in [0.2, 0.25) is 0 Å². The molecule has 0 unspecified atom stereocenters. The highest BCUT2D eigenvalue weighted by molar-refractivity contribution is 5.90. The van der Waals surface area contributed by atoms with Gasteiger partial charge in [0.2, 0.25) is 0 Å². The van der Waals surface area contributed by atoms with Gasteiger partial charge < -0.3 is 15.7 Å². The van der Waals surface area contributed by atoms with Crippen molar-refractivity contribution in [3.05, 3.63) is 30.1 Å². The predicted octanol–water partition coefficient (Wildman–Crippen LogP) is 3.12. The largest absolute Gasteiger partial charge is 0.481 e. The smallest absolute Gasteiger partial charge is 0.319 e. The third-order valence-electron chi connectivity index (χ3n) is 3.76. The van der Waals surface area contributed by atoms with Crippen LogP contribution in [0.25, 0.3) is 0 Å². The van der Waals surface area contributed by atoms with Crippen molar-refractivity contribution in [1.29, 1.82) is 0 Å². The van der Waals surface area contributed by atoms with Crippen molar-refractivity contribution in [2.45, 2.75) is 44.1 Å². The number of rotatable bonds is 4. The minimum Gasteiger partial charge on any atom is -0.481 e. The molecule has 0 aliphatic heterocycles. The molecular formula is C15H19FN2O3. The molecule has 2 rings (SSSR count). The van der Waals surface area contributed by atoms with E-state index >= 15 is 0 Å². The standard InChI is InChI=1S/C15H19FN2O3/c16-11-5-4-6-12(9-11)17-14(21)18-15(10-13(19)20)7-2-1-3-8-15/h4-6,9H,1-3,7-8,10H2,(H,19,20)(H2,17,18,21). The number of carbonyl (C=O) groups is 2. The first-order valence-corrected chi connectivity index (χ1v) is 7.06. The number of anilines is 1. The Hall–Kier alpha value is -2.11. The number of aliphatic carboxylic acids is 1. The molecule has 1 aromatic carbocycles. The second-order valence-corrected chi connectivity index (χ2v) is 5.50. The number of carboxylic acids is 1. The van der Waals surface area contributed by atoms with E-state index in [1.807, 2.05) is 0 Å². The Morgan fingerprint density at radius 2 is 1.95 bits per heavy atom. The van der Waals surface area contributed by atoms with Crippen LogP contribution in [-0.2, 0) is 4.79 Å². The quantitative estimate of drug-likeness (QED) is 0.798. The summed E-state index contributed by atoms with van der Waals surface area (Å²) >= 11 is 0. The molecule has 1 aliphatic rings. The highest BCUT2D eigenvalue weighted by atomic mass is 19.1. The van der Waals surface area contributed by atoms with E-state index in [1.165, 1.54) is 18.2 Å². The summed E-state index contributed by atoms with van der Waals surface area (Å²) < 4.78 is 13.1. The molecule has 0 atom stereocenters. The zero-order valence-electron chi connectivity index (χ0n) is 11.7. The van der Waals surface area contributed by atoms with Crippen molar-refractivity contribution in [3.63, 3.8) is 0 Å². The Kier molecular flexibility index (Phi) is 4.77. The van der Waals surface area contributed by atoms with Crippen LogP contribution >= 0.6 is 0 Å². The summed E-state index contributed by atoms with van der Waals surface area (Å²) in [5.41, 5.74) is -0.365. The number of amides is 2. The molecule has 5 nitrogen and oxygen atoms in total. The number of halogens is 1. The van der Waals surface area contributed by atoms with Crippen LogP contribution in [0, 0.1) is 5.82 Å². The Labute approximate surface area is 122 Å². The highest BCUT2D eigenvalue weighted by Gasteiger charge is 2.35. The van der Waals surface area contributed by atoms with Gasteiger partial charge in [-0.05, 0) is 31.0 Å². The lowest BCUT2D eigenvalue weighted by Gasteiger charge is -2.36. The fraction of sp³-hybridized carbons (Fsp3) is 0.467. The molecule has 1 aliphatic carbocycles. The predicted molar refractivity (Wildman–Crippen MR) is 76.6 cm³/mol. The number of hydrogen-bond acceptors (Lipinski definition) is 2. The van der Waals surface area contributed by atoms with E-state index in [2.05, 4.69) is 10.6 Å². The van der Waals surface area contributed by atoms with Gasteiger partial charge in [0.15, 0.2) is 0 Å². The summed E-state index contributed by atoms with van der Waals surface area (Å²) in [5.74, 6) is -1.37. The van der Waals surface area contributed by atoms with Crippen LogP contribution in [0.4, 0.5) is 14.9 Å². The number of benzene rings is 1. The zero-order valence-corrected chi connectivity index (χ0v) is 11.7. The maximum Gasteiger partial charge on any atom is 0.319 e. The minimum atomic E-state index is -0.928. The summed E-state index contributed by atoms with van der Waals surface area (Å²) in [6.45, 7) is 0. The molecule has 0 aromatic heterocycles. The van der Waals surface area contributed by atoms with Crippen molar-refractivity contribution in [1.82, 2.24) is 5.32 Å². The molecule has 0 saturated heterocycles. The first kappa shape index (κ1) is 15.3. The van der Waals surface area contributed by atoms with Gasteiger partial charge in [0, 0.05) is 5.69 Å². The van der Waals surface area contributed by atoms with E-state index in [1.54, 1.807) is 6.07 Å². The van der Waals surface area contributed by atoms with E-state index < -0.39 is 23.4 Å². The van der Waals surface area contributed by atoms with Crippen molar-refractivity contribution in [2.75, 3.05) is 5.32 Å². The molecule has 6 heteroatoms. The summed E-state index contributed by atoms with van der Waals surface area (Å²) in [7, 11) is 0. The third-order valence-corrected chi connectivity index (χ3v) is 3.76. The van der Waals surface area contributed by atoms with Crippen LogP contribution in [0.3, 0.4) is 0 Å². The van der Waals surface area contributed by atoms with Gasteiger partial charge in [0.05, 0.1) is 12.0 Å². The lowest BCUT2D eigenvalue weighted by Crippen LogP contribution is -2.52. The molecule has 1 fully saturated rings. The molecule has 1 saturated carbocycles. The number of hydrogen-bond donors (Lipinski definition) is 3. The first-order valence-electron chi connectivity index (χ1n) is 7.06. The van der Waals surface area contributed by atoms with Crippen LogP contribution in [-0.4, -0.2) is 22.6 Å². The van der Waals surface area contributed by atoms with Gasteiger partial charge in [-0.25, -0.2) is 9.18 Å². The van der Waals surface area contributed by atoms with E-state index in [0.29, 0.717) is 18.5 Å². The Morgan fingerprint density at radius 1 is 1.24 bits per heavy atom. The number of urea groups is 1. The molecule has 0 spiro atoms. The van der Waals surface area contributed by atoms with Crippen LogP contribution in [0.1, 0.15) is 38.5 Å². The SMILES string of the molecule is O=C(O)CC1(NC(=O)Nc2cccc(F)c2)CCCCC1. The number of nitrogens with one attached hydrogen (secondary N) is 2. The normalized spacial score (nSPS) is 17.0. The van der Waals surface area contributed by atoms with Crippen molar-refractivity contribution in [2.24, 2.45) is 0 Å². The van der Waals surface area contributed by atoms with Gasteiger partial charge in [-0.1, -0.05) is 25.3 Å². The van der Waals surface area contributed by atoms with Gasteiger partial charge in [0.25, 0.3) is 0 Å². The molecule has 2 amide bonds. The molecule has 3 N–H and O–H groups in total. The maximum absolute atomic E-state index is 13.1. The molecule has 1 aromatic rings. The second-order valence-electron chi connectivity index (χ2n) is 5.50. The monoisotopic (exact) mass is 294 g/mol. The number of carbonyl (C=O) groups excluding carboxylic acids is 1. The summed E-state index contributed by atoms with van der Waals surface area (Å²) in [5, 5.41) is 14.4. The maximum atomic E-state index is 13.1. The van der Waals surface area contributed by atoms with E-state index in [9.17, 15) is 14.0 Å².